The quantitative estimate of drug-likeness (QED) is 0.107. The van der Waals surface area contributed by atoms with Gasteiger partial charge in [-0.25, -0.2) is 0 Å². The molecule has 0 bridgehead atoms. The molecule has 3 aromatic rings. The Hall–Kier alpha value is -4.16. The molecule has 0 saturated heterocycles. The third kappa shape index (κ3) is 7.92. The molecule has 198 valence electrons. The van der Waals surface area contributed by atoms with Crippen molar-refractivity contribution >= 4 is 29.0 Å². The second-order valence-electron chi connectivity index (χ2n) is 9.15. The minimum absolute atomic E-state index is 0.0130. The highest BCUT2D eigenvalue weighted by Crippen LogP contribution is 2.35. The topological polar surface area (TPSA) is 93.2 Å². The maximum atomic E-state index is 11.5. The third-order valence-corrected chi connectivity index (χ3v) is 6.21. The lowest BCUT2D eigenvalue weighted by Gasteiger charge is -2.17. The number of rotatable bonds is 13. The fraction of sp³-hybridized carbons (Fsp3) is 0.250. The van der Waals surface area contributed by atoms with Crippen molar-refractivity contribution in [2.75, 3.05) is 39.5 Å². The van der Waals surface area contributed by atoms with Gasteiger partial charge in [-0.1, -0.05) is 61.5 Å². The third-order valence-electron chi connectivity index (χ3n) is 6.21. The number of hydrogen-bond donors (Lipinski definition) is 3. The SMILES string of the molecule is CCC(=C(c1ccc(OCCCNCC=CC(=O)N(C)C)cc1)c1ccc(N)c(C=[NH2+])c1)c1ccccc1. The summed E-state index contributed by atoms with van der Waals surface area (Å²) in [6.07, 6.45) is 6.70. The van der Waals surface area contributed by atoms with Crippen molar-refractivity contribution in [2.45, 2.75) is 19.8 Å². The van der Waals surface area contributed by atoms with Gasteiger partial charge in [-0.05, 0) is 71.5 Å². The molecule has 0 fully saturated rings. The number of nitrogens with zero attached hydrogens (tertiary/aromatic N) is 1. The monoisotopic (exact) mass is 511 g/mol. The Morgan fingerprint density at radius 1 is 1.00 bits per heavy atom. The number of benzene rings is 3. The van der Waals surface area contributed by atoms with Crippen molar-refractivity contribution in [2.24, 2.45) is 0 Å². The number of nitrogens with one attached hydrogen (secondary N) is 1. The molecular weight excluding hydrogens is 472 g/mol. The van der Waals surface area contributed by atoms with Gasteiger partial charge in [0.05, 0.1) is 12.2 Å². The van der Waals surface area contributed by atoms with Gasteiger partial charge in [-0.2, -0.15) is 0 Å². The van der Waals surface area contributed by atoms with Crippen molar-refractivity contribution in [3.05, 3.63) is 107 Å². The molecule has 0 heterocycles. The summed E-state index contributed by atoms with van der Waals surface area (Å²) >= 11 is 0. The first-order valence-electron chi connectivity index (χ1n) is 13.0. The van der Waals surface area contributed by atoms with E-state index in [9.17, 15) is 4.79 Å². The summed E-state index contributed by atoms with van der Waals surface area (Å²) in [6.45, 7) is 4.24. The summed E-state index contributed by atoms with van der Waals surface area (Å²) in [6, 6.07) is 24.7. The summed E-state index contributed by atoms with van der Waals surface area (Å²) in [5.74, 6) is 0.816. The van der Waals surface area contributed by atoms with Crippen molar-refractivity contribution < 1.29 is 14.9 Å². The molecule has 0 saturated carbocycles. The van der Waals surface area contributed by atoms with Crippen LogP contribution < -0.4 is 21.2 Å². The van der Waals surface area contributed by atoms with E-state index in [1.807, 2.05) is 36.4 Å². The highest BCUT2D eigenvalue weighted by Gasteiger charge is 2.15. The molecule has 0 atom stereocenters. The molecule has 6 nitrogen and oxygen atoms in total. The Kier molecular flexibility index (Phi) is 10.9. The normalized spacial score (nSPS) is 11.8. The van der Waals surface area contributed by atoms with E-state index in [4.69, 9.17) is 15.9 Å². The zero-order valence-electron chi connectivity index (χ0n) is 22.6. The number of amides is 1. The Labute approximate surface area is 226 Å². The van der Waals surface area contributed by atoms with Crippen LogP contribution in [0.4, 0.5) is 5.69 Å². The summed E-state index contributed by atoms with van der Waals surface area (Å²) in [5.41, 5.74) is 13.4. The lowest BCUT2D eigenvalue weighted by Crippen LogP contribution is -2.30. The van der Waals surface area contributed by atoms with Gasteiger partial charge in [-0.15, -0.1) is 0 Å². The number of allylic oxidation sites excluding steroid dienone is 1. The second kappa shape index (κ2) is 14.5. The predicted octanol–water partition coefficient (Wildman–Crippen LogP) is 3.82. The van der Waals surface area contributed by atoms with Gasteiger partial charge in [0, 0.05) is 32.4 Å². The maximum Gasteiger partial charge on any atom is 0.245 e. The van der Waals surface area contributed by atoms with Crippen LogP contribution >= 0.6 is 0 Å². The first kappa shape index (κ1) is 28.4. The molecular formula is C32H39N4O2+. The number of nitrogens with two attached hydrogens (primary N) is 2. The van der Waals surface area contributed by atoms with Crippen molar-refractivity contribution in [1.29, 1.82) is 0 Å². The second-order valence-corrected chi connectivity index (χ2v) is 9.15. The number of carbonyl (C=O) groups excluding carboxylic acids is 1. The van der Waals surface area contributed by atoms with Crippen LogP contribution in [0.5, 0.6) is 5.75 Å². The van der Waals surface area contributed by atoms with E-state index in [2.05, 4.69) is 54.7 Å². The number of nitrogen functional groups attached to an aromatic ring is 1. The van der Waals surface area contributed by atoms with E-state index in [-0.39, 0.29) is 5.91 Å². The van der Waals surface area contributed by atoms with Gasteiger partial charge in [0.15, 0.2) is 6.21 Å². The standard InChI is InChI=1S/C32H38N4O2/c1-4-29(24-10-6-5-7-11-24)32(26-15-18-30(34)27(22-26)23-33)25-13-16-28(17-14-25)38-21-9-20-35-19-8-12-31(37)36(2)3/h5-8,10-18,22-23,33,35H,4,9,19-21,34H2,1-3H3/p+1. The molecule has 0 radical (unpaired) electrons. The van der Waals surface area contributed by atoms with Gasteiger partial charge in [-0.3, -0.25) is 10.2 Å². The van der Waals surface area contributed by atoms with Crippen molar-refractivity contribution in [3.63, 3.8) is 0 Å². The lowest BCUT2D eigenvalue weighted by atomic mass is 9.87. The maximum absolute atomic E-state index is 11.5. The van der Waals surface area contributed by atoms with E-state index in [1.165, 1.54) is 11.1 Å². The molecule has 1 amide bonds. The molecule has 0 aliphatic heterocycles. The van der Waals surface area contributed by atoms with Crippen LogP contribution in [0.2, 0.25) is 0 Å². The van der Waals surface area contributed by atoms with Gasteiger partial charge >= 0.3 is 0 Å². The minimum Gasteiger partial charge on any atom is -0.494 e. The molecule has 0 spiro atoms. The number of likely N-dealkylation sites (N-methyl/N-ethyl adjacent to an activating group) is 1. The average Bonchev–Trinajstić information content (AvgIpc) is 2.94. The molecule has 0 aliphatic rings. The predicted molar refractivity (Wildman–Crippen MR) is 158 cm³/mol. The van der Waals surface area contributed by atoms with E-state index in [1.54, 1.807) is 31.3 Å². The number of carbonyl (C=O) groups is 1. The highest BCUT2D eigenvalue weighted by atomic mass is 16.5. The van der Waals surface area contributed by atoms with Crippen LogP contribution in [0, 0.1) is 0 Å². The summed E-state index contributed by atoms with van der Waals surface area (Å²) < 4.78 is 5.97. The molecule has 5 N–H and O–H groups in total. The Morgan fingerprint density at radius 3 is 2.37 bits per heavy atom. The highest BCUT2D eigenvalue weighted by molar-refractivity contribution is 6.00. The average molecular weight is 512 g/mol. The summed E-state index contributed by atoms with van der Waals surface area (Å²) in [4.78, 5) is 13.1. The van der Waals surface area contributed by atoms with Crippen LogP contribution in [0.15, 0.2) is 84.9 Å². The van der Waals surface area contributed by atoms with Gasteiger partial charge in [0.25, 0.3) is 0 Å². The Morgan fingerprint density at radius 2 is 1.71 bits per heavy atom. The van der Waals surface area contributed by atoms with Crippen LogP contribution in [0.1, 0.15) is 42.0 Å². The van der Waals surface area contributed by atoms with Crippen LogP contribution in [0.3, 0.4) is 0 Å². The Balaban J connectivity index is 1.72. The zero-order chi connectivity index (χ0) is 27.3. The number of ether oxygens (including phenoxy) is 1. The molecule has 38 heavy (non-hydrogen) atoms. The molecule has 3 rings (SSSR count). The number of hydrogen-bond acceptors (Lipinski definition) is 4. The van der Waals surface area contributed by atoms with E-state index in [0.717, 1.165) is 47.4 Å². The minimum atomic E-state index is -0.0130. The lowest BCUT2D eigenvalue weighted by molar-refractivity contribution is -0.123. The molecule has 6 heteroatoms. The van der Waals surface area contributed by atoms with Gasteiger partial charge < -0.3 is 20.7 Å². The van der Waals surface area contributed by atoms with Crippen LogP contribution in [-0.2, 0) is 4.79 Å². The van der Waals surface area contributed by atoms with Crippen LogP contribution in [0.25, 0.3) is 11.1 Å². The molecule has 0 aliphatic carbocycles. The summed E-state index contributed by atoms with van der Waals surface area (Å²) in [5, 5.41) is 9.14. The van der Waals surface area contributed by atoms with Gasteiger partial charge in [0.1, 0.15) is 5.75 Å². The number of anilines is 1. The van der Waals surface area contributed by atoms with Gasteiger partial charge in [0.2, 0.25) is 5.91 Å². The zero-order valence-corrected chi connectivity index (χ0v) is 22.6. The van der Waals surface area contributed by atoms with E-state index >= 15 is 0 Å². The largest absolute Gasteiger partial charge is 0.494 e. The smallest absolute Gasteiger partial charge is 0.245 e. The van der Waals surface area contributed by atoms with Crippen LogP contribution in [-0.4, -0.2) is 50.8 Å². The fourth-order valence-corrected chi connectivity index (χ4v) is 4.15. The van der Waals surface area contributed by atoms with E-state index < -0.39 is 0 Å². The fourth-order valence-electron chi connectivity index (χ4n) is 4.15. The molecule has 3 aromatic carbocycles. The van der Waals surface area contributed by atoms with E-state index in [0.29, 0.717) is 18.8 Å². The molecule has 0 unspecified atom stereocenters. The van der Waals surface area contributed by atoms with Crippen molar-refractivity contribution in [3.8, 4) is 5.75 Å². The van der Waals surface area contributed by atoms with Crippen molar-refractivity contribution in [1.82, 2.24) is 10.2 Å². The Bertz CT molecular complexity index is 1260. The first-order chi connectivity index (χ1) is 18.4. The molecule has 0 aromatic heterocycles. The summed E-state index contributed by atoms with van der Waals surface area (Å²) in [7, 11) is 3.47. The first-order valence-corrected chi connectivity index (χ1v) is 13.0.